The van der Waals surface area contributed by atoms with Crippen LogP contribution in [0.4, 0.5) is 10.5 Å². The number of nitrogens with two attached hydrogens (primary N) is 1. The number of aromatic nitrogens is 2. The smallest absolute Gasteiger partial charge is 0.312 e. The molecule has 3 aromatic rings. The Kier molecular flexibility index (Phi) is 8.44. The molecule has 3 rings (SSSR count). The van der Waals surface area contributed by atoms with Crippen LogP contribution in [0.3, 0.4) is 0 Å². The van der Waals surface area contributed by atoms with Crippen molar-refractivity contribution < 1.29 is 9.00 Å². The van der Waals surface area contributed by atoms with Gasteiger partial charge in [-0.15, -0.1) is 4.36 Å². The standard InChI is InChI=1S/C26H34N6O3S/c1-16(2)22-11-19(20-13-28-25(33)29-14-20)12-23(17(3)4)24(22)30-26(34)31-36(27,35)21-9-7-18(8-10-21)15-32(5)6/h7-14,16-17H,15H2,1-6H3,(H,28,29,33)(H3,27,30,31,34,35). The number of urea groups is 1. The minimum atomic E-state index is -3.44. The van der Waals surface area contributed by atoms with Crippen LogP contribution in [0, 0.1) is 0 Å². The Hall–Kier alpha value is -3.34. The quantitative estimate of drug-likeness (QED) is 0.424. The summed E-state index contributed by atoms with van der Waals surface area (Å²) in [5.74, 6) is 0.111. The molecular formula is C26H34N6O3S. The van der Waals surface area contributed by atoms with Gasteiger partial charge in [-0.2, -0.15) is 0 Å². The van der Waals surface area contributed by atoms with Gasteiger partial charge in [-0.1, -0.05) is 39.8 Å². The van der Waals surface area contributed by atoms with Gasteiger partial charge in [0.2, 0.25) is 0 Å². The maximum absolute atomic E-state index is 13.1. The molecule has 2 amide bonds. The first-order valence-corrected chi connectivity index (χ1v) is 13.3. The maximum Gasteiger partial charge on any atom is 0.354 e. The summed E-state index contributed by atoms with van der Waals surface area (Å²) in [4.78, 5) is 33.1. The highest BCUT2D eigenvalue weighted by Gasteiger charge is 2.20. The Morgan fingerprint density at radius 2 is 1.67 bits per heavy atom. The number of amides is 2. The Balaban J connectivity index is 1.99. The van der Waals surface area contributed by atoms with Crippen LogP contribution in [0.25, 0.3) is 11.1 Å². The second-order valence-electron chi connectivity index (χ2n) is 9.62. The molecule has 0 fully saturated rings. The van der Waals surface area contributed by atoms with Gasteiger partial charge in [0.25, 0.3) is 0 Å². The summed E-state index contributed by atoms with van der Waals surface area (Å²) in [6.07, 6.45) is 3.13. The van der Waals surface area contributed by atoms with Gasteiger partial charge in [0.15, 0.2) is 0 Å². The van der Waals surface area contributed by atoms with Gasteiger partial charge in [-0.25, -0.2) is 23.9 Å². The molecule has 1 unspecified atom stereocenters. The average Bonchev–Trinajstić information content (AvgIpc) is 2.79. The SMILES string of the molecule is CC(C)c1cc(-c2cnc(=O)[nH]c2)cc(C(C)C)c1NC(=O)N=S(N)(=O)c1ccc(CN(C)C)cc1. The molecule has 0 spiro atoms. The Morgan fingerprint density at radius 1 is 1.08 bits per heavy atom. The molecule has 192 valence electrons. The van der Waals surface area contributed by atoms with Gasteiger partial charge < -0.3 is 15.2 Å². The monoisotopic (exact) mass is 510 g/mol. The number of nitrogens with zero attached hydrogens (tertiary/aromatic N) is 3. The number of hydrogen-bond donors (Lipinski definition) is 3. The van der Waals surface area contributed by atoms with Gasteiger partial charge >= 0.3 is 11.7 Å². The van der Waals surface area contributed by atoms with E-state index < -0.39 is 21.6 Å². The number of aromatic amines is 1. The number of carbonyl (C=O) groups is 1. The van der Waals surface area contributed by atoms with Crippen molar-refractivity contribution in [2.24, 2.45) is 9.50 Å². The van der Waals surface area contributed by atoms with Crippen molar-refractivity contribution in [1.82, 2.24) is 14.9 Å². The normalized spacial score (nSPS) is 13.2. The van der Waals surface area contributed by atoms with E-state index in [1.807, 2.05) is 71.0 Å². The molecule has 0 aliphatic rings. The molecule has 0 saturated carbocycles. The highest BCUT2D eigenvalue weighted by atomic mass is 32.2. The molecular weight excluding hydrogens is 476 g/mol. The molecule has 0 aliphatic carbocycles. The van der Waals surface area contributed by atoms with Crippen molar-refractivity contribution >= 4 is 21.6 Å². The third-order valence-electron chi connectivity index (χ3n) is 5.66. The minimum Gasteiger partial charge on any atom is -0.312 e. The van der Waals surface area contributed by atoms with E-state index in [0.717, 1.165) is 34.4 Å². The molecule has 0 aliphatic heterocycles. The molecule has 36 heavy (non-hydrogen) atoms. The van der Waals surface area contributed by atoms with E-state index in [4.69, 9.17) is 5.14 Å². The summed E-state index contributed by atoms with van der Waals surface area (Å²) in [6.45, 7) is 8.79. The number of carbonyl (C=O) groups excluding carboxylic acids is 1. The summed E-state index contributed by atoms with van der Waals surface area (Å²) < 4.78 is 17.0. The van der Waals surface area contributed by atoms with E-state index in [9.17, 15) is 13.8 Å². The van der Waals surface area contributed by atoms with E-state index in [1.165, 1.54) is 6.20 Å². The second kappa shape index (κ2) is 11.2. The van der Waals surface area contributed by atoms with Crippen molar-refractivity contribution in [2.45, 2.75) is 51.0 Å². The van der Waals surface area contributed by atoms with Gasteiger partial charge in [0.1, 0.15) is 9.92 Å². The molecule has 1 heterocycles. The highest BCUT2D eigenvalue weighted by Crippen LogP contribution is 2.37. The molecule has 0 radical (unpaired) electrons. The fourth-order valence-corrected chi connectivity index (χ4v) is 4.79. The van der Waals surface area contributed by atoms with Crippen molar-refractivity contribution in [3.8, 4) is 11.1 Å². The topological polar surface area (TPSA) is 134 Å². The van der Waals surface area contributed by atoms with E-state index in [1.54, 1.807) is 18.3 Å². The number of anilines is 1. The fraction of sp³-hybridized carbons (Fsp3) is 0.346. The van der Waals surface area contributed by atoms with Gasteiger partial charge in [0, 0.05) is 30.2 Å². The average molecular weight is 511 g/mol. The maximum atomic E-state index is 13.1. The predicted octanol–water partition coefficient (Wildman–Crippen LogP) is 4.68. The molecule has 0 saturated heterocycles. The summed E-state index contributed by atoms with van der Waals surface area (Å²) in [6, 6.07) is 10.1. The molecule has 1 atom stereocenters. The molecule has 0 bridgehead atoms. The van der Waals surface area contributed by atoms with Crippen LogP contribution in [-0.2, 0) is 16.5 Å². The van der Waals surface area contributed by atoms with Crippen LogP contribution in [0.15, 0.2) is 62.8 Å². The van der Waals surface area contributed by atoms with E-state index in [2.05, 4.69) is 19.6 Å². The first-order valence-electron chi connectivity index (χ1n) is 11.7. The molecule has 4 N–H and O–H groups in total. The van der Waals surface area contributed by atoms with Crippen LogP contribution in [0.1, 0.15) is 56.2 Å². The summed E-state index contributed by atoms with van der Waals surface area (Å²) >= 11 is 0. The number of hydrogen-bond acceptors (Lipinski definition) is 5. The van der Waals surface area contributed by atoms with Crippen LogP contribution in [-0.4, -0.2) is 39.2 Å². The third kappa shape index (κ3) is 6.66. The summed E-state index contributed by atoms with van der Waals surface area (Å²) in [7, 11) is 0.479. The fourth-order valence-electron chi connectivity index (χ4n) is 3.87. The number of H-pyrrole nitrogens is 1. The minimum absolute atomic E-state index is 0.0555. The summed E-state index contributed by atoms with van der Waals surface area (Å²) in [5, 5.41) is 8.85. The van der Waals surface area contributed by atoms with Crippen molar-refractivity contribution in [2.75, 3.05) is 19.4 Å². The van der Waals surface area contributed by atoms with Gasteiger partial charge in [-0.3, -0.25) is 0 Å². The van der Waals surface area contributed by atoms with Gasteiger partial charge in [0.05, 0.1) is 4.90 Å². The Morgan fingerprint density at radius 3 is 2.14 bits per heavy atom. The largest absolute Gasteiger partial charge is 0.354 e. The predicted molar refractivity (Wildman–Crippen MR) is 144 cm³/mol. The molecule has 10 heteroatoms. The lowest BCUT2D eigenvalue weighted by Gasteiger charge is -2.21. The van der Waals surface area contributed by atoms with Crippen LogP contribution in [0.5, 0.6) is 0 Å². The Labute approximate surface area is 212 Å². The molecule has 1 aromatic heterocycles. The van der Waals surface area contributed by atoms with Crippen molar-refractivity contribution in [3.63, 3.8) is 0 Å². The lowest BCUT2D eigenvalue weighted by Crippen LogP contribution is -2.19. The van der Waals surface area contributed by atoms with Gasteiger partial charge in [-0.05, 0) is 72.5 Å². The van der Waals surface area contributed by atoms with Crippen LogP contribution in [0.2, 0.25) is 0 Å². The Bertz CT molecular complexity index is 1370. The zero-order valence-corrected chi connectivity index (χ0v) is 22.3. The number of rotatable bonds is 7. The van der Waals surface area contributed by atoms with E-state index in [0.29, 0.717) is 5.69 Å². The lowest BCUT2D eigenvalue weighted by molar-refractivity contribution is 0.260. The number of benzene rings is 2. The zero-order valence-electron chi connectivity index (χ0n) is 21.5. The highest BCUT2D eigenvalue weighted by molar-refractivity contribution is 7.91. The van der Waals surface area contributed by atoms with Crippen LogP contribution < -0.4 is 16.1 Å². The first kappa shape index (κ1) is 27.3. The van der Waals surface area contributed by atoms with Crippen molar-refractivity contribution in [1.29, 1.82) is 0 Å². The first-order chi connectivity index (χ1) is 16.9. The molecule has 9 nitrogen and oxygen atoms in total. The number of nitrogens with one attached hydrogen (secondary N) is 2. The zero-order chi connectivity index (χ0) is 26.6. The lowest BCUT2D eigenvalue weighted by atomic mass is 9.89. The molecule has 2 aromatic carbocycles. The van der Waals surface area contributed by atoms with E-state index in [-0.39, 0.29) is 16.7 Å². The third-order valence-corrected chi connectivity index (χ3v) is 7.04. The van der Waals surface area contributed by atoms with E-state index >= 15 is 0 Å². The van der Waals surface area contributed by atoms with Crippen LogP contribution >= 0.6 is 0 Å². The second-order valence-corrected chi connectivity index (χ2v) is 11.4. The van der Waals surface area contributed by atoms with Crippen molar-refractivity contribution in [3.05, 3.63) is 76.0 Å². The summed E-state index contributed by atoms with van der Waals surface area (Å²) in [5.41, 5.74) is 4.60.